The van der Waals surface area contributed by atoms with Crippen molar-refractivity contribution < 1.29 is 41.4 Å². The minimum absolute atomic E-state index is 0.0301. The van der Waals surface area contributed by atoms with Crippen LogP contribution in [0.25, 0.3) is 0 Å². The predicted molar refractivity (Wildman–Crippen MR) is 207 cm³/mol. The van der Waals surface area contributed by atoms with Crippen LogP contribution in [-0.2, 0) is 60.2 Å². The first-order valence-electron chi connectivity index (χ1n) is 17.1. The van der Waals surface area contributed by atoms with Gasteiger partial charge in [0, 0.05) is 62.6 Å². The Morgan fingerprint density at radius 1 is 0.734 bits per heavy atom. The number of carboxylic acids is 1. The van der Waals surface area contributed by atoms with E-state index in [1.807, 2.05) is 33.9 Å². The number of carboxylic acid groups (broad SMARTS) is 1. The summed E-state index contributed by atoms with van der Waals surface area (Å²) in [5, 5.41) is 69.9. The number of carbonyl (C=O) groups excluding carboxylic acids is 1. The fraction of sp³-hybridized carbons (Fsp3) is 0.467. The predicted octanol–water partition coefficient (Wildman–Crippen LogP) is 1.42. The van der Waals surface area contributed by atoms with Gasteiger partial charge in [0.25, 0.3) is 6.43 Å². The van der Waals surface area contributed by atoms with Crippen LogP contribution in [0, 0.1) is 11.3 Å². The highest BCUT2D eigenvalue weighted by Crippen LogP contribution is 2.26. The number of aromatic carboxylic acids is 1. The van der Waals surface area contributed by atoms with E-state index in [9.17, 15) is 31.5 Å². The van der Waals surface area contributed by atoms with Crippen LogP contribution in [0.15, 0.2) is 49.7 Å². The number of ether oxygens (including phenoxy) is 1. The zero-order valence-corrected chi connectivity index (χ0v) is 36.7. The van der Waals surface area contributed by atoms with Gasteiger partial charge in [-0.3, -0.25) is 28.1 Å². The topological polar surface area (TPSA) is 327 Å². The van der Waals surface area contributed by atoms with E-state index in [0.29, 0.717) is 10.8 Å². The quantitative estimate of drug-likeness (QED) is 0.232. The molecule has 0 aliphatic carbocycles. The van der Waals surface area contributed by atoms with Crippen molar-refractivity contribution in [2.24, 2.45) is 49.3 Å². The molecule has 0 atom stereocenters. The van der Waals surface area contributed by atoms with Crippen LogP contribution in [0.4, 0.5) is 26.7 Å². The van der Waals surface area contributed by atoms with Gasteiger partial charge >= 0.3 is 18.2 Å². The van der Waals surface area contributed by atoms with E-state index < -0.39 is 24.3 Å². The normalized spacial score (nSPS) is 9.95. The number of amides is 1. The third kappa shape index (κ3) is 27.8. The van der Waals surface area contributed by atoms with Crippen molar-refractivity contribution in [1.29, 1.82) is 5.26 Å². The second kappa shape index (κ2) is 28.6. The Kier molecular flexibility index (Phi) is 25.0. The summed E-state index contributed by atoms with van der Waals surface area (Å²) in [5.41, 5.74) is -1.31. The molecule has 0 aliphatic rings. The van der Waals surface area contributed by atoms with Crippen LogP contribution in [0.1, 0.15) is 54.8 Å². The molecule has 0 aliphatic heterocycles. The Hall–Kier alpha value is -7.92. The van der Waals surface area contributed by atoms with E-state index in [2.05, 4.69) is 82.7 Å². The zero-order valence-electron chi connectivity index (χ0n) is 35.9. The molecule has 1 amide bonds. The highest BCUT2D eigenvalue weighted by molar-refractivity contribution is 6.29. The van der Waals surface area contributed by atoms with Crippen molar-refractivity contribution in [3.8, 4) is 6.07 Å². The number of alkyl halides is 5. The Bertz CT molecular complexity index is 2290. The van der Waals surface area contributed by atoms with Gasteiger partial charge in [-0.2, -0.15) is 18.4 Å². The van der Waals surface area contributed by atoms with Gasteiger partial charge in [-0.15, -0.1) is 35.7 Å². The van der Waals surface area contributed by atoms with Gasteiger partial charge in [0.05, 0.1) is 37.2 Å². The number of aromatic nitrogens is 22. The highest BCUT2D eigenvalue weighted by atomic mass is 35.5. The number of hydrogen-bond acceptors (Lipinski definition) is 19. The lowest BCUT2D eigenvalue weighted by atomic mass is 10.2. The molecule has 0 fully saturated rings. The average molecular weight is 935 g/mol. The van der Waals surface area contributed by atoms with Gasteiger partial charge in [-0.1, -0.05) is 42.9 Å². The van der Waals surface area contributed by atoms with Crippen LogP contribution in [-0.4, -0.2) is 140 Å². The average Bonchev–Trinajstić information content (AvgIpc) is 4.05. The molecule has 2 N–H and O–H groups in total. The van der Waals surface area contributed by atoms with Crippen LogP contribution >= 0.6 is 11.6 Å². The molecule has 34 heteroatoms. The summed E-state index contributed by atoms with van der Waals surface area (Å²) < 4.78 is 73.0. The molecule has 0 saturated carbocycles. The van der Waals surface area contributed by atoms with E-state index in [4.69, 9.17) is 26.7 Å². The van der Waals surface area contributed by atoms with Crippen LogP contribution < -0.4 is 5.32 Å². The molecule has 0 aromatic carbocycles. The van der Waals surface area contributed by atoms with Crippen molar-refractivity contribution in [3.05, 3.63) is 77.6 Å². The largest absolute Gasteiger partial charge is 0.476 e. The molecule has 0 spiro atoms. The van der Waals surface area contributed by atoms with Crippen LogP contribution in [0.2, 0.25) is 5.15 Å². The maximum Gasteiger partial charge on any atom is 0.436 e. The first-order chi connectivity index (χ1) is 29.8. The molecule has 0 saturated heterocycles. The van der Waals surface area contributed by atoms with Gasteiger partial charge < -0.3 is 15.2 Å². The molecule has 28 nitrogen and oxygen atoms in total. The van der Waals surface area contributed by atoms with Gasteiger partial charge in [-0.05, 0) is 31.2 Å². The standard InChI is InChI=1S/C6H13NO2.C4H4F3N3.C4H5F2N3.C4H4N4.C4H5N3O2.C3H4ClN3.C3H5N3.C2H4N4/c1-6(2,3)9-5(8)7-4;1-10-2-3(8-9-10)4(5,6)7;1-9-2-3(4(5)6)7-8-9;1-8-3-4(2-5)6-7-8;1-7-2-3(4(8)9)5-6-7;1-7-2-3(4)5-6-7;1-6-3-2-4-5-6;1-6-2-3-4-5-6/h1-4H3,(H,7,8);2H,1H3;2,4H,1H3;3H,1H3;2H,1H3,(H,8,9);2H,1H3;2-3H,1H3;2H,1H3. The summed E-state index contributed by atoms with van der Waals surface area (Å²) >= 11 is 5.37. The van der Waals surface area contributed by atoms with Crippen molar-refractivity contribution in [1.82, 2.24) is 115 Å². The van der Waals surface area contributed by atoms with Gasteiger partial charge in [0.2, 0.25) is 0 Å². The monoisotopic (exact) mass is 934 g/mol. The Balaban J connectivity index is 0.000000712. The number of rotatable bonds is 2. The smallest absolute Gasteiger partial charge is 0.436 e. The summed E-state index contributed by atoms with van der Waals surface area (Å²) in [6, 6.07) is 1.85. The molecule has 7 rings (SSSR count). The lowest BCUT2D eigenvalue weighted by molar-refractivity contribution is -0.141. The Morgan fingerprint density at radius 3 is 1.47 bits per heavy atom. The van der Waals surface area contributed by atoms with Crippen molar-refractivity contribution in [2.75, 3.05) is 7.05 Å². The molecule has 64 heavy (non-hydrogen) atoms. The number of halogens is 6. The van der Waals surface area contributed by atoms with Gasteiger partial charge in [-0.25, -0.2) is 23.1 Å². The highest BCUT2D eigenvalue weighted by Gasteiger charge is 2.34. The summed E-state index contributed by atoms with van der Waals surface area (Å²) in [5.74, 6) is -1.05. The van der Waals surface area contributed by atoms with E-state index in [0.717, 1.165) is 10.9 Å². The lowest BCUT2D eigenvalue weighted by Gasteiger charge is -2.18. The number of nitrogens with zero attached hydrogens (tertiary/aromatic N) is 23. The molecule has 7 aromatic rings. The van der Waals surface area contributed by atoms with E-state index in [1.54, 1.807) is 69.4 Å². The SMILES string of the molecule is CNC(=O)OC(C)(C)C.Cn1cc(C#N)nn1.Cn1cc(C(=O)O)nn1.Cn1cc(C(F)(F)F)nn1.Cn1cc(C(F)F)nn1.Cn1cc(Cl)nn1.Cn1ccnn1.Cn1cnnn1. The van der Waals surface area contributed by atoms with Gasteiger partial charge in [0.1, 0.15) is 23.7 Å². The number of hydrogen-bond donors (Lipinski definition) is 2. The molecule has 7 aromatic heterocycles. The molecule has 350 valence electrons. The summed E-state index contributed by atoms with van der Waals surface area (Å²) in [4.78, 5) is 20.6. The maximum absolute atomic E-state index is 11.7. The molecular formula is C30H44ClF5N24O4. The summed E-state index contributed by atoms with van der Waals surface area (Å²) in [7, 11) is 13.1. The number of nitriles is 1. The van der Waals surface area contributed by atoms with Crippen LogP contribution in [0.5, 0.6) is 0 Å². The minimum Gasteiger partial charge on any atom is -0.476 e. The summed E-state index contributed by atoms with van der Waals surface area (Å²) in [6.07, 6.45) is 4.18. The van der Waals surface area contributed by atoms with E-state index in [-0.39, 0.29) is 23.1 Å². The van der Waals surface area contributed by atoms with Crippen molar-refractivity contribution in [3.63, 3.8) is 0 Å². The number of nitrogens with one attached hydrogen (secondary N) is 1. The number of aryl methyl sites for hydroxylation is 7. The fourth-order valence-corrected chi connectivity index (χ4v) is 3.08. The Morgan fingerprint density at radius 2 is 1.28 bits per heavy atom. The molecular weight excluding hydrogens is 891 g/mol. The zero-order chi connectivity index (χ0) is 49.0. The third-order valence-corrected chi connectivity index (χ3v) is 5.62. The maximum atomic E-state index is 11.7. The molecule has 0 bridgehead atoms. The van der Waals surface area contributed by atoms with Crippen LogP contribution in [0.3, 0.4) is 0 Å². The molecule has 0 radical (unpaired) electrons. The fourth-order valence-electron chi connectivity index (χ4n) is 2.91. The van der Waals surface area contributed by atoms with Crippen molar-refractivity contribution >= 4 is 23.7 Å². The van der Waals surface area contributed by atoms with Gasteiger partial charge in [0.15, 0.2) is 22.2 Å². The summed E-state index contributed by atoms with van der Waals surface area (Å²) in [6.45, 7) is 5.46. The van der Waals surface area contributed by atoms with E-state index in [1.165, 1.54) is 51.5 Å². The number of alkyl carbamates (subject to hydrolysis) is 1. The third-order valence-electron chi connectivity index (χ3n) is 5.45. The first-order valence-corrected chi connectivity index (χ1v) is 17.5. The lowest BCUT2D eigenvalue weighted by Crippen LogP contribution is -2.30. The first kappa shape index (κ1) is 56.1. The van der Waals surface area contributed by atoms with E-state index >= 15 is 0 Å². The molecule has 0 unspecified atom stereocenters. The van der Waals surface area contributed by atoms with Crippen molar-refractivity contribution in [2.45, 2.75) is 39.0 Å². The number of carbonyl (C=O) groups is 2. The molecule has 7 heterocycles. The second-order valence-electron chi connectivity index (χ2n) is 12.4. The second-order valence-corrected chi connectivity index (χ2v) is 12.8. The minimum atomic E-state index is -4.38. The number of tetrazole rings is 1. The Labute approximate surface area is 364 Å².